The van der Waals surface area contributed by atoms with Crippen LogP contribution in [0.3, 0.4) is 0 Å². The van der Waals surface area contributed by atoms with E-state index in [2.05, 4.69) is 5.32 Å². The fourth-order valence-corrected chi connectivity index (χ4v) is 5.01. The lowest BCUT2D eigenvalue weighted by Gasteiger charge is -2.31. The second kappa shape index (κ2) is 13.3. The summed E-state index contributed by atoms with van der Waals surface area (Å²) in [7, 11) is -3.93. The summed E-state index contributed by atoms with van der Waals surface area (Å²) in [4.78, 5) is 27.7. The summed E-state index contributed by atoms with van der Waals surface area (Å²) in [5, 5.41) is 3.34. The number of nitrogens with zero attached hydrogens (tertiary/aromatic N) is 2. The Balaban J connectivity index is 2.25. The second-order valence-electron chi connectivity index (χ2n) is 9.22. The van der Waals surface area contributed by atoms with Gasteiger partial charge < -0.3 is 10.2 Å². The highest BCUT2D eigenvalue weighted by Gasteiger charge is 2.32. The van der Waals surface area contributed by atoms with Gasteiger partial charge in [-0.1, -0.05) is 36.7 Å². The van der Waals surface area contributed by atoms with Crippen molar-refractivity contribution in [3.63, 3.8) is 0 Å². The lowest BCUT2D eigenvalue weighted by atomic mass is 10.1. The Kier molecular flexibility index (Phi) is 11.0. The molecule has 0 fully saturated rings. The van der Waals surface area contributed by atoms with Crippen molar-refractivity contribution in [2.75, 3.05) is 17.1 Å². The molecule has 2 amide bonds. The maximum atomic E-state index is 13.4. The summed E-state index contributed by atoms with van der Waals surface area (Å²) < 4.78 is 65.2. The number of halogens is 4. The topological polar surface area (TPSA) is 86.8 Å². The summed E-state index contributed by atoms with van der Waals surface area (Å²) in [6.45, 7) is 5.32. The number of hydrogen-bond acceptors (Lipinski definition) is 4. The lowest BCUT2D eigenvalue weighted by Crippen LogP contribution is -2.50. The van der Waals surface area contributed by atoms with Crippen LogP contribution in [0.1, 0.15) is 51.2 Å². The molecule has 38 heavy (non-hydrogen) atoms. The van der Waals surface area contributed by atoms with Gasteiger partial charge in [0.2, 0.25) is 21.8 Å². The van der Waals surface area contributed by atoms with Crippen LogP contribution in [0.25, 0.3) is 0 Å². The van der Waals surface area contributed by atoms with Crippen molar-refractivity contribution in [1.29, 1.82) is 0 Å². The average Bonchev–Trinajstić information content (AvgIpc) is 2.81. The first-order valence-corrected chi connectivity index (χ1v) is 14.3. The molecule has 0 aromatic heterocycles. The molecule has 2 aromatic carbocycles. The lowest BCUT2D eigenvalue weighted by molar-refractivity contribution is -0.141. The molecule has 0 aliphatic carbocycles. The number of carbonyl (C=O) groups is 2. The van der Waals surface area contributed by atoms with Crippen LogP contribution >= 0.6 is 11.6 Å². The first-order chi connectivity index (χ1) is 17.6. The monoisotopic (exact) mass is 575 g/mol. The maximum absolute atomic E-state index is 13.4. The molecule has 2 aromatic rings. The minimum atomic E-state index is -4.64. The van der Waals surface area contributed by atoms with Crippen molar-refractivity contribution in [2.24, 2.45) is 0 Å². The molecular formula is C26H33ClF3N3O4S. The Morgan fingerprint density at radius 2 is 1.71 bits per heavy atom. The molecule has 0 radical (unpaired) electrons. The van der Waals surface area contributed by atoms with Crippen molar-refractivity contribution in [3.05, 3.63) is 64.7 Å². The number of benzene rings is 2. The molecule has 12 heteroatoms. The Morgan fingerprint density at radius 1 is 1.08 bits per heavy atom. The van der Waals surface area contributed by atoms with Gasteiger partial charge >= 0.3 is 6.18 Å². The number of rotatable bonds is 12. The second-order valence-corrected chi connectivity index (χ2v) is 11.6. The average molecular weight is 576 g/mol. The van der Waals surface area contributed by atoms with Crippen molar-refractivity contribution >= 4 is 39.1 Å². The van der Waals surface area contributed by atoms with Crippen LogP contribution in [0, 0.1) is 0 Å². The van der Waals surface area contributed by atoms with E-state index in [1.165, 1.54) is 11.0 Å². The summed E-state index contributed by atoms with van der Waals surface area (Å²) in [6, 6.07) is 9.96. The predicted octanol–water partition coefficient (Wildman–Crippen LogP) is 5.24. The van der Waals surface area contributed by atoms with Crippen LogP contribution in [0.5, 0.6) is 0 Å². The zero-order valence-electron chi connectivity index (χ0n) is 21.8. The van der Waals surface area contributed by atoms with Crippen LogP contribution in [-0.4, -0.2) is 50.0 Å². The van der Waals surface area contributed by atoms with Gasteiger partial charge in [0.15, 0.2) is 0 Å². The number of hydrogen-bond donors (Lipinski definition) is 1. The summed E-state index contributed by atoms with van der Waals surface area (Å²) in [6.07, 6.45) is -3.49. The number of sulfonamides is 1. The van der Waals surface area contributed by atoms with Gasteiger partial charge in [-0.05, 0) is 62.6 Å². The van der Waals surface area contributed by atoms with Gasteiger partial charge in [0.25, 0.3) is 0 Å². The van der Waals surface area contributed by atoms with Crippen molar-refractivity contribution in [1.82, 2.24) is 10.2 Å². The van der Waals surface area contributed by atoms with Gasteiger partial charge in [-0.3, -0.25) is 13.9 Å². The molecule has 0 saturated carbocycles. The highest BCUT2D eigenvalue weighted by molar-refractivity contribution is 7.92. The highest BCUT2D eigenvalue weighted by atomic mass is 35.5. The molecule has 0 spiro atoms. The molecule has 2 rings (SSSR count). The quantitative estimate of drug-likeness (QED) is 0.375. The third-order valence-corrected chi connectivity index (χ3v) is 7.14. The molecule has 0 aliphatic rings. The van der Waals surface area contributed by atoms with Crippen molar-refractivity contribution in [3.8, 4) is 0 Å². The van der Waals surface area contributed by atoms with E-state index in [0.29, 0.717) is 11.4 Å². The summed E-state index contributed by atoms with van der Waals surface area (Å²) in [5.74, 6) is -0.699. The summed E-state index contributed by atoms with van der Waals surface area (Å²) >= 11 is 5.97. The highest BCUT2D eigenvalue weighted by Crippen LogP contribution is 2.32. The molecule has 0 bridgehead atoms. The molecule has 1 N–H and O–H groups in total. The van der Waals surface area contributed by atoms with E-state index in [1.807, 2.05) is 13.8 Å². The van der Waals surface area contributed by atoms with E-state index in [1.54, 1.807) is 31.2 Å². The Hall–Kier alpha value is -2.79. The van der Waals surface area contributed by atoms with E-state index in [0.717, 1.165) is 34.3 Å². The Morgan fingerprint density at radius 3 is 2.24 bits per heavy atom. The number of amides is 2. The van der Waals surface area contributed by atoms with Crippen LogP contribution in [0.2, 0.25) is 5.02 Å². The summed E-state index contributed by atoms with van der Waals surface area (Å²) in [5.41, 5.74) is -0.369. The van der Waals surface area contributed by atoms with Crippen molar-refractivity contribution in [2.45, 2.75) is 64.8 Å². The largest absolute Gasteiger partial charge is 0.416 e. The van der Waals surface area contributed by atoms with Gasteiger partial charge in [0.1, 0.15) is 6.04 Å². The van der Waals surface area contributed by atoms with Crippen LogP contribution in [0.4, 0.5) is 18.9 Å². The number of carbonyl (C=O) groups excluding carboxylic acids is 2. The van der Waals surface area contributed by atoms with E-state index in [-0.39, 0.29) is 49.5 Å². The third-order valence-electron chi connectivity index (χ3n) is 5.70. The Bertz CT molecular complexity index is 1200. The van der Waals surface area contributed by atoms with Gasteiger partial charge in [0, 0.05) is 30.6 Å². The van der Waals surface area contributed by atoms with Gasteiger partial charge in [-0.2, -0.15) is 13.2 Å². The first-order valence-electron chi connectivity index (χ1n) is 12.1. The van der Waals surface area contributed by atoms with E-state index >= 15 is 0 Å². The normalized spacial score (nSPS) is 12.8. The van der Waals surface area contributed by atoms with Gasteiger partial charge in [0.05, 0.1) is 17.5 Å². The van der Waals surface area contributed by atoms with E-state index in [9.17, 15) is 31.2 Å². The SMILES string of the molecule is CC[C@H](C(=O)NC(C)C)N(Cc1ccc(Cl)cc1)C(=O)CCCN(c1cccc(C(F)(F)F)c1)S(C)(=O)=O. The molecule has 0 saturated heterocycles. The number of anilines is 1. The first kappa shape index (κ1) is 31.4. The fraction of sp³-hybridized carbons (Fsp3) is 0.462. The standard InChI is InChI=1S/C26H33ClF3N3O4S/c1-5-23(25(35)31-18(2)3)32(17-19-11-13-21(27)14-12-19)24(34)10-7-15-33(38(4,36)37)22-9-6-8-20(16-22)26(28,29)30/h6,8-9,11-14,16,18,23H,5,7,10,15,17H2,1-4H3,(H,31,35)/t23-/m1/s1. The zero-order valence-corrected chi connectivity index (χ0v) is 23.3. The van der Waals surface area contributed by atoms with E-state index in [4.69, 9.17) is 11.6 Å². The maximum Gasteiger partial charge on any atom is 0.416 e. The molecule has 7 nitrogen and oxygen atoms in total. The van der Waals surface area contributed by atoms with Gasteiger partial charge in [-0.25, -0.2) is 8.42 Å². The molecular weight excluding hydrogens is 543 g/mol. The Labute approximate surface area is 227 Å². The van der Waals surface area contributed by atoms with Gasteiger partial charge in [-0.15, -0.1) is 0 Å². The van der Waals surface area contributed by atoms with Crippen LogP contribution < -0.4 is 9.62 Å². The van der Waals surface area contributed by atoms with E-state index < -0.39 is 27.8 Å². The molecule has 0 aliphatic heterocycles. The molecule has 0 heterocycles. The fourth-order valence-electron chi connectivity index (χ4n) is 3.93. The smallest absolute Gasteiger partial charge is 0.352 e. The predicted molar refractivity (Wildman–Crippen MR) is 142 cm³/mol. The minimum absolute atomic E-state index is 0.0293. The minimum Gasteiger partial charge on any atom is -0.352 e. The van der Waals surface area contributed by atoms with Crippen molar-refractivity contribution < 1.29 is 31.2 Å². The zero-order chi connectivity index (χ0) is 28.7. The number of nitrogens with one attached hydrogen (secondary N) is 1. The van der Waals surface area contributed by atoms with Crippen LogP contribution in [0.15, 0.2) is 48.5 Å². The third kappa shape index (κ3) is 9.20. The molecule has 210 valence electrons. The molecule has 0 unspecified atom stereocenters. The number of alkyl halides is 3. The molecule has 1 atom stereocenters. The van der Waals surface area contributed by atoms with Crippen LogP contribution in [-0.2, 0) is 32.3 Å².